The summed E-state index contributed by atoms with van der Waals surface area (Å²) in [5.74, 6) is 0. The largest absolute Gasteiger partial charge is 0.305 e. The van der Waals surface area contributed by atoms with Crippen molar-refractivity contribution in [2.24, 2.45) is 5.41 Å². The third-order valence-electron chi connectivity index (χ3n) is 3.12. The summed E-state index contributed by atoms with van der Waals surface area (Å²) < 4.78 is 0. The second kappa shape index (κ2) is 6.36. The summed E-state index contributed by atoms with van der Waals surface area (Å²) in [5, 5.41) is 5.84. The van der Waals surface area contributed by atoms with Gasteiger partial charge in [-0.25, -0.2) is 0 Å². The van der Waals surface area contributed by atoms with Crippen LogP contribution in [0, 0.1) is 5.41 Å². The van der Waals surface area contributed by atoms with Gasteiger partial charge in [0.2, 0.25) is 0 Å². The maximum absolute atomic E-state index is 3.71. The highest BCUT2D eigenvalue weighted by Crippen LogP contribution is 2.29. The maximum Gasteiger partial charge on any atom is 0.0328 e. The van der Waals surface area contributed by atoms with Gasteiger partial charge in [-0.05, 0) is 28.8 Å². The van der Waals surface area contributed by atoms with Gasteiger partial charge in [0.25, 0.3) is 0 Å². The minimum Gasteiger partial charge on any atom is -0.305 e. The first kappa shape index (κ1) is 14.3. The van der Waals surface area contributed by atoms with Gasteiger partial charge in [-0.3, -0.25) is 0 Å². The Labute approximate surface area is 120 Å². The van der Waals surface area contributed by atoms with Crippen LogP contribution in [0.5, 0.6) is 0 Å². The Balaban J connectivity index is 2.06. The Morgan fingerprint density at radius 2 is 1.79 bits per heavy atom. The van der Waals surface area contributed by atoms with Crippen molar-refractivity contribution in [2.45, 2.75) is 39.8 Å². The van der Waals surface area contributed by atoms with Crippen molar-refractivity contribution in [2.75, 3.05) is 0 Å². The van der Waals surface area contributed by atoms with E-state index in [9.17, 15) is 0 Å². The molecule has 1 heterocycles. The van der Waals surface area contributed by atoms with Crippen molar-refractivity contribution in [1.29, 1.82) is 0 Å². The fourth-order valence-corrected chi connectivity index (χ4v) is 2.90. The summed E-state index contributed by atoms with van der Waals surface area (Å²) in [6.45, 7) is 7.86. The number of hydrogen-bond acceptors (Lipinski definition) is 2. The maximum atomic E-state index is 3.71. The van der Waals surface area contributed by atoms with Crippen LogP contribution in [0.2, 0.25) is 0 Å². The normalized spacial score (nSPS) is 13.4. The number of nitrogens with one attached hydrogen (secondary N) is 1. The highest BCUT2D eigenvalue weighted by atomic mass is 32.1. The topological polar surface area (TPSA) is 12.0 Å². The quantitative estimate of drug-likeness (QED) is 0.807. The first-order valence-electron chi connectivity index (χ1n) is 6.85. The summed E-state index contributed by atoms with van der Waals surface area (Å²) >= 11 is 1.82. The molecular weight excluding hydrogens is 250 g/mol. The first-order chi connectivity index (χ1) is 9.04. The van der Waals surface area contributed by atoms with Crippen molar-refractivity contribution in [3.8, 4) is 0 Å². The number of hydrogen-bond donors (Lipinski definition) is 1. The monoisotopic (exact) mass is 273 g/mol. The van der Waals surface area contributed by atoms with Crippen molar-refractivity contribution in [3.63, 3.8) is 0 Å². The molecule has 102 valence electrons. The lowest BCUT2D eigenvalue weighted by Gasteiger charge is -2.27. The molecule has 1 unspecified atom stereocenters. The average molecular weight is 273 g/mol. The van der Waals surface area contributed by atoms with Crippen LogP contribution in [-0.4, -0.2) is 0 Å². The molecule has 0 radical (unpaired) electrons. The minimum atomic E-state index is 0.322. The minimum absolute atomic E-state index is 0.322. The van der Waals surface area contributed by atoms with Crippen LogP contribution < -0.4 is 5.32 Å². The number of benzene rings is 1. The van der Waals surface area contributed by atoms with Crippen molar-refractivity contribution >= 4 is 11.3 Å². The van der Waals surface area contributed by atoms with Gasteiger partial charge in [-0.15, -0.1) is 11.3 Å². The van der Waals surface area contributed by atoms with Gasteiger partial charge >= 0.3 is 0 Å². The molecule has 1 aromatic heterocycles. The van der Waals surface area contributed by atoms with Crippen molar-refractivity contribution in [3.05, 3.63) is 58.3 Å². The Kier molecular flexibility index (Phi) is 4.78. The van der Waals surface area contributed by atoms with Crippen LogP contribution >= 0.6 is 11.3 Å². The van der Waals surface area contributed by atoms with Crippen molar-refractivity contribution in [1.82, 2.24) is 5.32 Å². The molecule has 0 aliphatic heterocycles. The average Bonchev–Trinajstić information content (AvgIpc) is 2.87. The van der Waals surface area contributed by atoms with Crippen LogP contribution in [0.3, 0.4) is 0 Å². The molecule has 0 spiro atoms. The molecule has 0 aliphatic rings. The molecule has 0 saturated carbocycles. The zero-order chi connectivity index (χ0) is 13.7. The summed E-state index contributed by atoms with van der Waals surface area (Å²) in [6, 6.07) is 15.5. The van der Waals surface area contributed by atoms with E-state index in [1.807, 2.05) is 11.3 Å². The van der Waals surface area contributed by atoms with Gasteiger partial charge in [0.15, 0.2) is 0 Å². The number of thiophene rings is 1. The lowest BCUT2D eigenvalue weighted by atomic mass is 9.85. The third-order valence-corrected chi connectivity index (χ3v) is 4.00. The van der Waals surface area contributed by atoms with Gasteiger partial charge in [-0.2, -0.15) is 0 Å². The van der Waals surface area contributed by atoms with E-state index in [4.69, 9.17) is 0 Å². The smallest absolute Gasteiger partial charge is 0.0328 e. The van der Waals surface area contributed by atoms with E-state index >= 15 is 0 Å². The summed E-state index contributed by atoms with van der Waals surface area (Å²) in [6.07, 6.45) is 1.14. The lowest BCUT2D eigenvalue weighted by Crippen LogP contribution is -2.25. The Bertz CT molecular complexity index is 468. The van der Waals surface area contributed by atoms with Gasteiger partial charge in [0, 0.05) is 17.5 Å². The van der Waals surface area contributed by atoms with E-state index in [1.54, 1.807) is 0 Å². The molecule has 2 aromatic rings. The van der Waals surface area contributed by atoms with E-state index in [0.717, 1.165) is 13.0 Å². The highest BCUT2D eigenvalue weighted by molar-refractivity contribution is 7.09. The number of rotatable bonds is 5. The fraction of sp³-hybridized carbons (Fsp3) is 0.412. The molecule has 2 heteroatoms. The van der Waals surface area contributed by atoms with E-state index in [1.165, 1.54) is 10.4 Å². The second-order valence-corrected chi connectivity index (χ2v) is 7.22. The van der Waals surface area contributed by atoms with Crippen LogP contribution in [0.4, 0.5) is 0 Å². The standard InChI is InChI=1S/C17H23NS/c1-17(2,3)12-16(14-8-5-4-6-9-14)18-13-15-10-7-11-19-15/h4-11,16,18H,12-13H2,1-3H3. The predicted molar refractivity (Wildman–Crippen MR) is 84.4 cm³/mol. The first-order valence-corrected chi connectivity index (χ1v) is 7.73. The third kappa shape index (κ3) is 4.81. The van der Waals surface area contributed by atoms with Crippen LogP contribution in [0.1, 0.15) is 43.7 Å². The molecule has 1 nitrogen and oxygen atoms in total. The lowest BCUT2D eigenvalue weighted by molar-refractivity contribution is 0.310. The zero-order valence-corrected chi connectivity index (χ0v) is 12.8. The van der Waals surface area contributed by atoms with Crippen LogP contribution in [-0.2, 0) is 6.54 Å². The molecular formula is C17H23NS. The summed E-state index contributed by atoms with van der Waals surface area (Å²) in [5.41, 5.74) is 1.71. The van der Waals surface area contributed by atoms with Gasteiger partial charge in [-0.1, -0.05) is 57.2 Å². The Morgan fingerprint density at radius 3 is 2.37 bits per heavy atom. The summed E-state index contributed by atoms with van der Waals surface area (Å²) in [4.78, 5) is 1.40. The Morgan fingerprint density at radius 1 is 1.05 bits per heavy atom. The molecule has 1 atom stereocenters. The molecule has 0 amide bonds. The zero-order valence-electron chi connectivity index (χ0n) is 12.0. The van der Waals surface area contributed by atoms with Gasteiger partial charge in [0.05, 0.1) is 0 Å². The SMILES string of the molecule is CC(C)(C)CC(NCc1cccs1)c1ccccc1. The fourth-order valence-electron chi connectivity index (χ4n) is 2.24. The van der Waals surface area contributed by atoms with E-state index < -0.39 is 0 Å². The van der Waals surface area contributed by atoms with Crippen molar-refractivity contribution < 1.29 is 0 Å². The molecule has 0 aliphatic carbocycles. The molecule has 19 heavy (non-hydrogen) atoms. The Hall–Kier alpha value is -1.12. The highest BCUT2D eigenvalue weighted by Gasteiger charge is 2.19. The van der Waals surface area contributed by atoms with E-state index in [-0.39, 0.29) is 0 Å². The van der Waals surface area contributed by atoms with Crippen LogP contribution in [0.25, 0.3) is 0 Å². The van der Waals surface area contributed by atoms with E-state index in [2.05, 4.69) is 73.9 Å². The predicted octanol–water partition coefficient (Wildman–Crippen LogP) is 5.02. The van der Waals surface area contributed by atoms with Gasteiger partial charge in [0.1, 0.15) is 0 Å². The molecule has 1 N–H and O–H groups in total. The van der Waals surface area contributed by atoms with Gasteiger partial charge < -0.3 is 5.32 Å². The molecule has 1 aromatic carbocycles. The van der Waals surface area contributed by atoms with E-state index in [0.29, 0.717) is 11.5 Å². The summed E-state index contributed by atoms with van der Waals surface area (Å²) in [7, 11) is 0. The molecule has 0 fully saturated rings. The molecule has 0 bridgehead atoms. The molecule has 2 rings (SSSR count). The second-order valence-electron chi connectivity index (χ2n) is 6.19. The molecule has 0 saturated heterocycles. The van der Waals surface area contributed by atoms with Crippen LogP contribution in [0.15, 0.2) is 47.8 Å².